The number of carbonyl (C=O) groups excluding carboxylic acids is 2. The number of hydrogen-bond acceptors (Lipinski definition) is 11. The molecule has 1 aromatic carbocycles. The van der Waals surface area contributed by atoms with Crippen LogP contribution < -0.4 is 25.8 Å². The van der Waals surface area contributed by atoms with Gasteiger partial charge in [-0.3, -0.25) is 9.78 Å². The number of hydrogen-bond donors (Lipinski definition) is 3. The Labute approximate surface area is 263 Å². The highest BCUT2D eigenvalue weighted by molar-refractivity contribution is 5.99. The molecule has 3 fully saturated rings. The van der Waals surface area contributed by atoms with Crippen molar-refractivity contribution in [3.8, 4) is 11.4 Å². The number of fused-ring (bicyclic) bond motifs is 2. The summed E-state index contributed by atoms with van der Waals surface area (Å²) in [5, 5.41) is 9.00. The second-order valence-electron chi connectivity index (χ2n) is 12.7. The monoisotopic (exact) mass is 615 g/mol. The first-order chi connectivity index (χ1) is 21.7. The van der Waals surface area contributed by atoms with E-state index in [9.17, 15) is 9.59 Å². The molecule has 0 aliphatic carbocycles. The molecule has 2 atom stereocenters. The first-order valence-electron chi connectivity index (χ1n) is 15.6. The van der Waals surface area contributed by atoms with Crippen molar-refractivity contribution in [2.45, 2.75) is 70.3 Å². The molecule has 0 radical (unpaired) electrons. The van der Waals surface area contributed by atoms with Crippen molar-refractivity contribution in [3.05, 3.63) is 48.8 Å². The summed E-state index contributed by atoms with van der Waals surface area (Å²) in [6.07, 6.45) is 7.44. The Morgan fingerprint density at radius 1 is 0.844 bits per heavy atom. The maximum atomic E-state index is 12.5. The number of piperidine rings is 1. The third kappa shape index (κ3) is 8.22. The van der Waals surface area contributed by atoms with E-state index in [1.807, 2.05) is 45.0 Å². The highest BCUT2D eigenvalue weighted by atomic mass is 16.6. The van der Waals surface area contributed by atoms with Crippen LogP contribution in [-0.2, 0) is 14.3 Å². The van der Waals surface area contributed by atoms with Gasteiger partial charge in [-0.05, 0) is 82.9 Å². The number of nitrogens with one attached hydrogen (secondary N) is 3. The van der Waals surface area contributed by atoms with Crippen LogP contribution in [0.15, 0.2) is 48.8 Å². The van der Waals surface area contributed by atoms with Gasteiger partial charge in [0.25, 0.3) is 0 Å². The highest BCUT2D eigenvalue weighted by Gasteiger charge is 2.35. The van der Waals surface area contributed by atoms with Crippen molar-refractivity contribution in [1.82, 2.24) is 25.3 Å². The fourth-order valence-electron chi connectivity index (χ4n) is 5.86. The van der Waals surface area contributed by atoms with E-state index in [1.165, 1.54) is 0 Å². The molecule has 238 valence electrons. The zero-order valence-electron chi connectivity index (χ0n) is 26.0. The second-order valence-corrected chi connectivity index (χ2v) is 12.7. The van der Waals surface area contributed by atoms with Gasteiger partial charge in [0.15, 0.2) is 5.82 Å². The normalized spacial score (nSPS) is 20.2. The van der Waals surface area contributed by atoms with Crippen molar-refractivity contribution in [1.29, 1.82) is 0 Å². The van der Waals surface area contributed by atoms with Gasteiger partial charge in [-0.2, -0.15) is 15.0 Å². The Balaban J connectivity index is 1.15. The summed E-state index contributed by atoms with van der Waals surface area (Å²) >= 11 is 0. The van der Waals surface area contributed by atoms with Crippen LogP contribution in [0.5, 0.6) is 0 Å². The third-order valence-electron chi connectivity index (χ3n) is 8.01. The molecule has 3 aliphatic rings. The lowest BCUT2D eigenvalue weighted by atomic mass is 10.1. The molecular formula is C32H41N9O4. The first kappa shape index (κ1) is 30.7. The maximum Gasteiger partial charge on any atom is 0.323 e. The van der Waals surface area contributed by atoms with Crippen molar-refractivity contribution >= 4 is 35.3 Å². The van der Waals surface area contributed by atoms with Gasteiger partial charge in [0.2, 0.25) is 11.9 Å². The molecule has 2 amide bonds. The van der Waals surface area contributed by atoms with E-state index < -0.39 is 5.60 Å². The number of morpholine rings is 1. The lowest BCUT2D eigenvalue weighted by Gasteiger charge is -2.34. The minimum Gasteiger partial charge on any atom is -0.459 e. The minimum absolute atomic E-state index is 0.192. The number of amides is 2. The first-order valence-corrected chi connectivity index (χ1v) is 15.6. The number of ether oxygens (including phenoxy) is 2. The third-order valence-corrected chi connectivity index (χ3v) is 8.01. The van der Waals surface area contributed by atoms with E-state index in [4.69, 9.17) is 24.4 Å². The number of esters is 1. The van der Waals surface area contributed by atoms with Gasteiger partial charge >= 0.3 is 12.0 Å². The average Bonchev–Trinajstić information content (AvgIpc) is 3.37. The maximum absolute atomic E-state index is 12.5. The van der Waals surface area contributed by atoms with E-state index in [0.29, 0.717) is 29.1 Å². The van der Waals surface area contributed by atoms with Crippen LogP contribution >= 0.6 is 0 Å². The lowest BCUT2D eigenvalue weighted by molar-refractivity contribution is -0.153. The van der Waals surface area contributed by atoms with Crippen LogP contribution in [0.4, 0.5) is 28.1 Å². The number of rotatable bonds is 8. The van der Waals surface area contributed by atoms with Crippen molar-refractivity contribution in [2.24, 2.45) is 0 Å². The molecule has 0 saturated carbocycles. The number of benzene rings is 1. The molecule has 5 heterocycles. The summed E-state index contributed by atoms with van der Waals surface area (Å²) in [5.74, 6) is 1.62. The fraction of sp³-hybridized carbons (Fsp3) is 0.500. The SMILES string of the molecule is CC(C)(C)OC(=O)CNC1CCN(c2nc(-c3ccc(NC(=O)Nc4ccncc4)cc3)nc(N3CC4CCC(C3)O4)n2)CC1. The smallest absolute Gasteiger partial charge is 0.323 e. The largest absolute Gasteiger partial charge is 0.459 e. The van der Waals surface area contributed by atoms with Crippen molar-refractivity contribution < 1.29 is 19.1 Å². The highest BCUT2D eigenvalue weighted by Crippen LogP contribution is 2.30. The van der Waals surface area contributed by atoms with Gasteiger partial charge in [-0.25, -0.2) is 4.79 Å². The number of carbonyl (C=O) groups is 2. The Hall–Kier alpha value is -4.36. The molecule has 3 aliphatic heterocycles. The summed E-state index contributed by atoms with van der Waals surface area (Å²) in [6.45, 7) is 8.82. The molecule has 6 rings (SSSR count). The summed E-state index contributed by atoms with van der Waals surface area (Å²) in [5.41, 5.74) is 1.63. The van der Waals surface area contributed by atoms with E-state index in [1.54, 1.807) is 24.5 Å². The number of pyridine rings is 1. The summed E-state index contributed by atoms with van der Waals surface area (Å²) in [4.78, 5) is 47.8. The predicted molar refractivity (Wildman–Crippen MR) is 171 cm³/mol. The average molecular weight is 616 g/mol. The number of nitrogens with zero attached hydrogens (tertiary/aromatic N) is 6. The Morgan fingerprint density at radius 2 is 1.44 bits per heavy atom. The molecule has 2 unspecified atom stereocenters. The van der Waals surface area contributed by atoms with Crippen LogP contribution in [0, 0.1) is 0 Å². The van der Waals surface area contributed by atoms with Gasteiger partial charge in [-0.1, -0.05) is 0 Å². The van der Waals surface area contributed by atoms with E-state index in [-0.39, 0.29) is 36.8 Å². The fourth-order valence-corrected chi connectivity index (χ4v) is 5.86. The van der Waals surface area contributed by atoms with Crippen LogP contribution in [-0.4, -0.2) is 88.5 Å². The number of aromatic nitrogens is 4. The van der Waals surface area contributed by atoms with Crippen molar-refractivity contribution in [3.63, 3.8) is 0 Å². The molecule has 3 saturated heterocycles. The molecule has 2 aromatic heterocycles. The van der Waals surface area contributed by atoms with Gasteiger partial charge < -0.3 is 35.2 Å². The van der Waals surface area contributed by atoms with E-state index >= 15 is 0 Å². The molecule has 13 nitrogen and oxygen atoms in total. The molecule has 2 bridgehead atoms. The summed E-state index contributed by atoms with van der Waals surface area (Å²) < 4.78 is 11.5. The predicted octanol–water partition coefficient (Wildman–Crippen LogP) is 3.85. The number of urea groups is 1. The van der Waals surface area contributed by atoms with Gasteiger partial charge in [0, 0.05) is 61.6 Å². The zero-order valence-corrected chi connectivity index (χ0v) is 26.0. The number of anilines is 4. The zero-order chi connectivity index (χ0) is 31.4. The molecular weight excluding hydrogens is 574 g/mol. The van der Waals surface area contributed by atoms with Gasteiger partial charge in [0.05, 0.1) is 18.8 Å². The van der Waals surface area contributed by atoms with E-state index in [0.717, 1.165) is 57.4 Å². The molecule has 0 spiro atoms. The van der Waals surface area contributed by atoms with Crippen LogP contribution in [0.1, 0.15) is 46.5 Å². The standard InChI is InChI=1S/C32H41N9O4/c1-32(2,3)45-27(42)18-34-22-12-16-40(17-13-22)29-37-28(38-30(39-29)41-19-25-8-9-26(20-41)44-25)21-4-6-23(7-5-21)35-31(43)36-24-10-14-33-15-11-24/h4-7,10-11,14-15,22,25-26,34H,8-9,12-13,16-20H2,1-3H3,(H2,33,35,36,43). The van der Waals surface area contributed by atoms with E-state index in [2.05, 4.69) is 30.7 Å². The van der Waals surface area contributed by atoms with Crippen LogP contribution in [0.25, 0.3) is 11.4 Å². The topological polar surface area (TPSA) is 147 Å². The summed E-state index contributed by atoms with van der Waals surface area (Å²) in [6, 6.07) is 10.8. The molecule has 45 heavy (non-hydrogen) atoms. The van der Waals surface area contributed by atoms with Crippen molar-refractivity contribution in [2.75, 3.05) is 53.2 Å². The quantitative estimate of drug-likeness (QED) is 0.318. The van der Waals surface area contributed by atoms with Crippen LogP contribution in [0.3, 0.4) is 0 Å². The molecule has 3 aromatic rings. The summed E-state index contributed by atoms with van der Waals surface area (Å²) in [7, 11) is 0. The molecule has 3 N–H and O–H groups in total. The molecule has 13 heteroatoms. The second kappa shape index (κ2) is 13.3. The van der Waals surface area contributed by atoms with Gasteiger partial charge in [0.1, 0.15) is 5.60 Å². The van der Waals surface area contributed by atoms with Gasteiger partial charge in [-0.15, -0.1) is 0 Å². The lowest BCUT2D eigenvalue weighted by Crippen LogP contribution is -2.46. The Kier molecular flexibility index (Phi) is 9.08. The minimum atomic E-state index is -0.498. The van der Waals surface area contributed by atoms with Crippen LogP contribution in [0.2, 0.25) is 0 Å². The Morgan fingerprint density at radius 3 is 2.07 bits per heavy atom. The Bertz CT molecular complexity index is 1460.